The molecule has 0 spiro atoms. The topological polar surface area (TPSA) is 95.7 Å². The minimum absolute atomic E-state index is 0.134. The molecule has 0 aromatic heterocycles. The van der Waals surface area contributed by atoms with Crippen LogP contribution in [-0.2, 0) is 26.1 Å². The van der Waals surface area contributed by atoms with E-state index < -0.39 is 16.0 Å². The van der Waals surface area contributed by atoms with E-state index in [4.69, 9.17) is 14.6 Å². The number of esters is 1. The van der Waals surface area contributed by atoms with Crippen LogP contribution in [-0.4, -0.2) is 28.1 Å². The molecule has 19 heavy (non-hydrogen) atoms. The molecule has 6 nitrogen and oxygen atoms in total. The molecule has 0 bridgehead atoms. The van der Waals surface area contributed by atoms with Gasteiger partial charge in [-0.15, -0.1) is 0 Å². The van der Waals surface area contributed by atoms with Crippen LogP contribution in [0.5, 0.6) is 0 Å². The molecule has 0 saturated heterocycles. The summed E-state index contributed by atoms with van der Waals surface area (Å²) in [5.41, 5.74) is 0.685. The predicted molar refractivity (Wildman–Crippen MR) is 69.1 cm³/mol. The van der Waals surface area contributed by atoms with Gasteiger partial charge in [-0.3, -0.25) is 0 Å². The molecule has 0 aliphatic carbocycles. The molecular formula is C12H17NO5S. The summed E-state index contributed by atoms with van der Waals surface area (Å²) in [7, 11) is -2.41. The Balaban J connectivity index is 3.16. The molecule has 0 fully saturated rings. The zero-order valence-corrected chi connectivity index (χ0v) is 11.7. The zero-order chi connectivity index (χ0) is 14.5. The highest BCUT2D eigenvalue weighted by molar-refractivity contribution is 7.89. The highest BCUT2D eigenvalue weighted by atomic mass is 32.2. The summed E-state index contributed by atoms with van der Waals surface area (Å²) in [6.45, 7) is 2.32. The normalized spacial score (nSPS) is 11.3. The molecule has 0 amide bonds. The van der Waals surface area contributed by atoms with Gasteiger partial charge >= 0.3 is 5.97 Å². The van der Waals surface area contributed by atoms with Crippen molar-refractivity contribution in [3.05, 3.63) is 29.3 Å². The third kappa shape index (κ3) is 4.62. The van der Waals surface area contributed by atoms with Crippen LogP contribution < -0.4 is 5.14 Å². The first-order chi connectivity index (χ1) is 8.88. The smallest absolute Gasteiger partial charge is 0.338 e. The lowest BCUT2D eigenvalue weighted by Crippen LogP contribution is -2.15. The summed E-state index contributed by atoms with van der Waals surface area (Å²) in [5, 5.41) is 5.07. The number of carbonyl (C=O) groups excluding carboxylic acids is 1. The fourth-order valence-corrected chi connectivity index (χ4v) is 2.08. The molecule has 0 unspecified atom stereocenters. The fourth-order valence-electron chi connectivity index (χ4n) is 1.47. The summed E-state index contributed by atoms with van der Waals surface area (Å²) in [6.07, 6.45) is 0.686. The minimum Gasteiger partial charge on any atom is -0.462 e. The average molecular weight is 287 g/mol. The van der Waals surface area contributed by atoms with Gasteiger partial charge in [-0.25, -0.2) is 18.4 Å². The van der Waals surface area contributed by atoms with Crippen LogP contribution in [0.2, 0.25) is 0 Å². The summed E-state index contributed by atoms with van der Waals surface area (Å²) in [4.78, 5) is 11.6. The van der Waals surface area contributed by atoms with Crippen LogP contribution in [0.4, 0.5) is 0 Å². The summed E-state index contributed by atoms with van der Waals surface area (Å²) >= 11 is 0. The van der Waals surface area contributed by atoms with Crippen molar-refractivity contribution in [3.63, 3.8) is 0 Å². The van der Waals surface area contributed by atoms with Crippen LogP contribution in [0, 0.1) is 0 Å². The van der Waals surface area contributed by atoms with E-state index in [1.807, 2.05) is 6.92 Å². The van der Waals surface area contributed by atoms with Crippen molar-refractivity contribution in [2.24, 2.45) is 5.14 Å². The van der Waals surface area contributed by atoms with Gasteiger partial charge in [0, 0.05) is 7.11 Å². The number of nitrogens with two attached hydrogens (primary N) is 1. The van der Waals surface area contributed by atoms with E-state index in [1.165, 1.54) is 25.3 Å². The molecule has 0 saturated carbocycles. The molecule has 0 atom stereocenters. The van der Waals surface area contributed by atoms with Gasteiger partial charge in [0.25, 0.3) is 0 Å². The van der Waals surface area contributed by atoms with Gasteiger partial charge in [0.05, 0.1) is 23.7 Å². The van der Waals surface area contributed by atoms with Crippen molar-refractivity contribution in [1.82, 2.24) is 0 Å². The summed E-state index contributed by atoms with van der Waals surface area (Å²) in [5.74, 6) is -0.579. The number of sulfonamides is 1. The van der Waals surface area contributed by atoms with E-state index in [0.29, 0.717) is 12.0 Å². The molecule has 106 valence electrons. The van der Waals surface area contributed by atoms with Gasteiger partial charge in [-0.1, -0.05) is 6.92 Å². The molecule has 0 heterocycles. The Morgan fingerprint density at radius 1 is 1.32 bits per heavy atom. The van der Waals surface area contributed by atoms with Gasteiger partial charge in [0.1, 0.15) is 0 Å². The number of benzene rings is 1. The molecule has 2 N–H and O–H groups in total. The first-order valence-corrected chi connectivity index (χ1v) is 7.26. The zero-order valence-electron chi connectivity index (χ0n) is 10.9. The van der Waals surface area contributed by atoms with E-state index in [0.717, 1.165) is 0 Å². The third-order valence-corrected chi connectivity index (χ3v) is 3.17. The van der Waals surface area contributed by atoms with Crippen molar-refractivity contribution in [1.29, 1.82) is 0 Å². The molecule has 0 aliphatic rings. The quantitative estimate of drug-likeness (QED) is 0.789. The van der Waals surface area contributed by atoms with E-state index in [2.05, 4.69) is 0 Å². The summed E-state index contributed by atoms with van der Waals surface area (Å²) < 4.78 is 32.6. The Labute approximate surface area is 112 Å². The van der Waals surface area contributed by atoms with Gasteiger partial charge in [0.2, 0.25) is 10.0 Å². The second kappa shape index (κ2) is 6.65. The second-order valence-electron chi connectivity index (χ2n) is 3.98. The van der Waals surface area contributed by atoms with Gasteiger partial charge < -0.3 is 9.47 Å². The summed E-state index contributed by atoms with van der Waals surface area (Å²) in [6, 6.07) is 4.10. The van der Waals surface area contributed by atoms with Crippen molar-refractivity contribution in [3.8, 4) is 0 Å². The van der Waals surface area contributed by atoms with Crippen LogP contribution in [0.15, 0.2) is 23.1 Å². The SMILES string of the molecule is CCCOC(=O)c1cc(COC)cc(S(N)(=O)=O)c1. The third-order valence-electron chi connectivity index (χ3n) is 2.28. The standard InChI is InChI=1S/C12H17NO5S/c1-3-4-18-12(14)10-5-9(8-17-2)6-11(7-10)19(13,15)16/h5-7H,3-4,8H2,1-2H3,(H2,13,15,16). The average Bonchev–Trinajstić information content (AvgIpc) is 2.35. The van der Waals surface area contributed by atoms with Crippen LogP contribution in [0.3, 0.4) is 0 Å². The lowest BCUT2D eigenvalue weighted by molar-refractivity contribution is 0.0504. The molecular weight excluding hydrogens is 270 g/mol. The first kappa shape index (κ1) is 15.6. The molecule has 1 rings (SSSR count). The number of methoxy groups -OCH3 is 1. The van der Waals surface area contributed by atoms with E-state index in [1.54, 1.807) is 0 Å². The molecule has 1 aromatic rings. The number of hydrogen-bond acceptors (Lipinski definition) is 5. The van der Waals surface area contributed by atoms with Crippen LogP contribution in [0.1, 0.15) is 29.3 Å². The van der Waals surface area contributed by atoms with Gasteiger partial charge in [-0.2, -0.15) is 0 Å². The molecule has 7 heteroatoms. The lowest BCUT2D eigenvalue weighted by Gasteiger charge is -2.08. The number of hydrogen-bond donors (Lipinski definition) is 1. The van der Waals surface area contributed by atoms with Crippen molar-refractivity contribution in [2.75, 3.05) is 13.7 Å². The van der Waals surface area contributed by atoms with Crippen LogP contribution in [0.25, 0.3) is 0 Å². The van der Waals surface area contributed by atoms with Crippen LogP contribution >= 0.6 is 0 Å². The maximum Gasteiger partial charge on any atom is 0.338 e. The Hall–Kier alpha value is -1.44. The Morgan fingerprint density at radius 3 is 2.53 bits per heavy atom. The first-order valence-electron chi connectivity index (χ1n) is 5.71. The maximum absolute atomic E-state index is 11.7. The minimum atomic E-state index is -3.88. The van der Waals surface area contributed by atoms with E-state index in [-0.39, 0.29) is 23.7 Å². The van der Waals surface area contributed by atoms with Gasteiger partial charge in [-0.05, 0) is 30.2 Å². The second-order valence-corrected chi connectivity index (χ2v) is 5.54. The number of rotatable bonds is 6. The highest BCUT2D eigenvalue weighted by Gasteiger charge is 2.15. The van der Waals surface area contributed by atoms with E-state index in [9.17, 15) is 13.2 Å². The number of ether oxygens (including phenoxy) is 2. The van der Waals surface area contributed by atoms with Crippen molar-refractivity contribution in [2.45, 2.75) is 24.8 Å². The van der Waals surface area contributed by atoms with E-state index >= 15 is 0 Å². The van der Waals surface area contributed by atoms with Crippen molar-refractivity contribution >= 4 is 16.0 Å². The molecule has 0 aliphatic heterocycles. The Bertz CT molecular complexity index is 553. The van der Waals surface area contributed by atoms with Gasteiger partial charge in [0.15, 0.2) is 0 Å². The fraction of sp³-hybridized carbons (Fsp3) is 0.417. The molecule has 0 radical (unpaired) electrons. The number of carbonyl (C=O) groups is 1. The Morgan fingerprint density at radius 2 is 2.00 bits per heavy atom. The molecule has 1 aromatic carbocycles. The number of primary sulfonamides is 1. The van der Waals surface area contributed by atoms with Crippen molar-refractivity contribution < 1.29 is 22.7 Å². The monoisotopic (exact) mass is 287 g/mol. The highest BCUT2D eigenvalue weighted by Crippen LogP contribution is 2.16. The Kier molecular flexibility index (Phi) is 5.46. The lowest BCUT2D eigenvalue weighted by atomic mass is 10.1. The predicted octanol–water partition coefficient (Wildman–Crippen LogP) is 1.05. The largest absolute Gasteiger partial charge is 0.462 e. The maximum atomic E-state index is 11.7.